The Morgan fingerprint density at radius 3 is 2.18 bits per heavy atom. The van der Waals surface area contributed by atoms with Crippen LogP contribution in [0.2, 0.25) is 0 Å². The zero-order valence-electron chi connectivity index (χ0n) is 17.1. The first-order valence-electron chi connectivity index (χ1n) is 10.5. The van der Waals surface area contributed by atoms with Crippen molar-refractivity contribution in [3.63, 3.8) is 0 Å². The molecule has 0 unspecified atom stereocenters. The van der Waals surface area contributed by atoms with Crippen molar-refractivity contribution >= 4 is 11.8 Å². The molecule has 2 heterocycles. The fourth-order valence-electron chi connectivity index (χ4n) is 4.41. The number of piperidine rings is 1. The molecule has 0 saturated carbocycles. The summed E-state index contributed by atoms with van der Waals surface area (Å²) < 4.78 is 13.3. The van der Waals surface area contributed by atoms with Crippen molar-refractivity contribution < 1.29 is 14.0 Å². The molecule has 28 heavy (non-hydrogen) atoms. The summed E-state index contributed by atoms with van der Waals surface area (Å²) in [6.45, 7) is 2.85. The van der Waals surface area contributed by atoms with Crippen LogP contribution in [0.3, 0.4) is 0 Å². The van der Waals surface area contributed by atoms with E-state index >= 15 is 0 Å². The number of hydrogen-bond donors (Lipinski definition) is 0. The van der Waals surface area contributed by atoms with Gasteiger partial charge < -0.3 is 9.80 Å². The molecule has 2 amide bonds. The van der Waals surface area contributed by atoms with E-state index in [0.29, 0.717) is 13.1 Å². The molecule has 6 heteroatoms. The molecule has 2 aliphatic heterocycles. The number of carbonyl (C=O) groups is 2. The van der Waals surface area contributed by atoms with Gasteiger partial charge in [-0.3, -0.25) is 14.5 Å². The number of hydrogen-bond acceptors (Lipinski definition) is 3. The highest BCUT2D eigenvalue weighted by molar-refractivity contribution is 5.85. The van der Waals surface area contributed by atoms with Crippen molar-refractivity contribution in [3.8, 4) is 0 Å². The second-order valence-electron chi connectivity index (χ2n) is 8.28. The molecular formula is C22H32FN3O2. The summed E-state index contributed by atoms with van der Waals surface area (Å²) in [7, 11) is 3.71. The smallest absolute Gasteiger partial charge is 0.244 e. The topological polar surface area (TPSA) is 43.9 Å². The third-order valence-corrected chi connectivity index (χ3v) is 5.94. The first kappa shape index (κ1) is 20.8. The molecule has 2 aliphatic rings. The number of rotatable bonds is 4. The van der Waals surface area contributed by atoms with Crippen molar-refractivity contribution in [2.45, 2.75) is 44.6 Å². The first-order chi connectivity index (χ1) is 13.5. The van der Waals surface area contributed by atoms with Gasteiger partial charge in [0.25, 0.3) is 0 Å². The Morgan fingerprint density at radius 2 is 1.57 bits per heavy atom. The molecule has 0 bridgehead atoms. The molecule has 0 aromatic heterocycles. The largest absolute Gasteiger partial charge is 0.342 e. The Balaban J connectivity index is 1.70. The Hall–Kier alpha value is -1.95. The van der Waals surface area contributed by atoms with E-state index in [9.17, 15) is 14.0 Å². The SMILES string of the molecule is CN(C)[C@H](C(=O)N1CCC[C@H](C(=O)N2CCCCCC2)C1)c1ccc(F)cc1. The summed E-state index contributed by atoms with van der Waals surface area (Å²) >= 11 is 0. The molecule has 0 aliphatic carbocycles. The highest BCUT2D eigenvalue weighted by Crippen LogP contribution is 2.26. The fourth-order valence-corrected chi connectivity index (χ4v) is 4.41. The van der Waals surface area contributed by atoms with Crippen molar-refractivity contribution in [1.29, 1.82) is 0 Å². The van der Waals surface area contributed by atoms with Gasteiger partial charge in [-0.25, -0.2) is 4.39 Å². The van der Waals surface area contributed by atoms with E-state index in [1.165, 1.54) is 25.0 Å². The Bertz CT molecular complexity index is 669. The van der Waals surface area contributed by atoms with Crippen LogP contribution < -0.4 is 0 Å². The number of halogens is 1. The van der Waals surface area contributed by atoms with Gasteiger partial charge in [0.05, 0.1) is 5.92 Å². The van der Waals surface area contributed by atoms with Crippen LogP contribution in [0.25, 0.3) is 0 Å². The lowest BCUT2D eigenvalue weighted by Gasteiger charge is -2.37. The molecule has 1 aromatic rings. The Morgan fingerprint density at radius 1 is 0.964 bits per heavy atom. The standard InChI is InChI=1S/C22H32FN3O2/c1-24(2)20(17-9-11-19(23)12-10-17)22(28)26-15-7-8-18(16-26)21(27)25-13-5-3-4-6-14-25/h9-12,18,20H,3-8,13-16H2,1-2H3/t18-,20-/m0/s1. The van der Waals surface area contributed by atoms with Crippen LogP contribution in [0.5, 0.6) is 0 Å². The molecule has 0 N–H and O–H groups in total. The minimum absolute atomic E-state index is 0.00928. The van der Waals surface area contributed by atoms with Crippen LogP contribution in [-0.4, -0.2) is 66.8 Å². The van der Waals surface area contributed by atoms with Crippen LogP contribution in [0, 0.1) is 11.7 Å². The molecule has 3 rings (SSSR count). The maximum atomic E-state index is 13.3. The predicted molar refractivity (Wildman–Crippen MR) is 107 cm³/mol. The second kappa shape index (κ2) is 9.50. The van der Waals surface area contributed by atoms with Crippen molar-refractivity contribution in [3.05, 3.63) is 35.6 Å². The summed E-state index contributed by atoms with van der Waals surface area (Å²) in [6.07, 6.45) is 6.24. The van der Waals surface area contributed by atoms with Gasteiger partial charge in [0.2, 0.25) is 11.8 Å². The number of benzene rings is 1. The lowest BCUT2D eigenvalue weighted by Crippen LogP contribution is -2.49. The second-order valence-corrected chi connectivity index (χ2v) is 8.28. The van der Waals surface area contributed by atoms with E-state index in [-0.39, 0.29) is 23.5 Å². The van der Waals surface area contributed by atoms with Crippen molar-refractivity contribution in [2.75, 3.05) is 40.3 Å². The van der Waals surface area contributed by atoms with E-state index in [1.807, 2.05) is 28.8 Å². The number of likely N-dealkylation sites (N-methyl/N-ethyl adjacent to an activating group) is 1. The number of likely N-dealkylation sites (tertiary alicyclic amines) is 2. The van der Waals surface area contributed by atoms with Gasteiger partial charge in [-0.15, -0.1) is 0 Å². The third-order valence-electron chi connectivity index (χ3n) is 5.94. The van der Waals surface area contributed by atoms with Crippen LogP contribution in [-0.2, 0) is 9.59 Å². The van der Waals surface area contributed by atoms with E-state index in [2.05, 4.69) is 0 Å². The molecule has 2 fully saturated rings. The van der Waals surface area contributed by atoms with E-state index < -0.39 is 6.04 Å². The van der Waals surface area contributed by atoms with E-state index in [4.69, 9.17) is 0 Å². The molecule has 1 aromatic carbocycles. The number of nitrogens with zero attached hydrogens (tertiary/aromatic N) is 3. The first-order valence-corrected chi connectivity index (χ1v) is 10.5. The lowest BCUT2D eigenvalue weighted by atomic mass is 9.94. The monoisotopic (exact) mass is 389 g/mol. The Labute approximate surface area is 167 Å². The van der Waals surface area contributed by atoms with Crippen molar-refractivity contribution in [2.24, 2.45) is 5.92 Å². The summed E-state index contributed by atoms with van der Waals surface area (Å²) in [5, 5.41) is 0. The molecule has 2 atom stereocenters. The van der Waals surface area contributed by atoms with Gasteiger partial charge in [0.1, 0.15) is 11.9 Å². The molecule has 0 radical (unpaired) electrons. The van der Waals surface area contributed by atoms with Gasteiger partial charge in [-0.05, 0) is 57.5 Å². The van der Waals surface area contributed by atoms with Gasteiger partial charge in [0, 0.05) is 26.2 Å². The average Bonchev–Trinajstić information content (AvgIpc) is 2.98. The van der Waals surface area contributed by atoms with Crippen molar-refractivity contribution in [1.82, 2.24) is 14.7 Å². The predicted octanol–water partition coefficient (Wildman–Crippen LogP) is 3.07. The van der Waals surface area contributed by atoms with Gasteiger partial charge in [0.15, 0.2) is 0 Å². The fraction of sp³-hybridized carbons (Fsp3) is 0.636. The van der Waals surface area contributed by atoms with Crippen LogP contribution in [0.15, 0.2) is 24.3 Å². The highest BCUT2D eigenvalue weighted by atomic mass is 19.1. The molecule has 5 nitrogen and oxygen atoms in total. The minimum atomic E-state index is -0.465. The molecule has 2 saturated heterocycles. The maximum Gasteiger partial charge on any atom is 0.244 e. The van der Waals surface area contributed by atoms with Gasteiger partial charge in [-0.2, -0.15) is 0 Å². The summed E-state index contributed by atoms with van der Waals surface area (Å²) in [5.41, 5.74) is 0.775. The zero-order chi connectivity index (χ0) is 20.1. The maximum absolute atomic E-state index is 13.3. The number of amides is 2. The summed E-state index contributed by atoms with van der Waals surface area (Å²) in [6, 6.07) is 5.65. The van der Waals surface area contributed by atoms with Gasteiger partial charge in [-0.1, -0.05) is 25.0 Å². The minimum Gasteiger partial charge on any atom is -0.342 e. The normalized spacial score (nSPS) is 22.1. The molecule has 0 spiro atoms. The third kappa shape index (κ3) is 4.90. The van der Waals surface area contributed by atoms with E-state index in [1.54, 1.807) is 12.1 Å². The van der Waals surface area contributed by atoms with E-state index in [0.717, 1.165) is 44.3 Å². The number of carbonyl (C=O) groups excluding carboxylic acids is 2. The summed E-state index contributed by atoms with van der Waals surface area (Å²) in [4.78, 5) is 32.0. The van der Waals surface area contributed by atoms with Crippen LogP contribution in [0.1, 0.15) is 50.1 Å². The Kier molecular flexibility index (Phi) is 7.05. The molecular weight excluding hydrogens is 357 g/mol. The average molecular weight is 390 g/mol. The van der Waals surface area contributed by atoms with Crippen LogP contribution in [0.4, 0.5) is 4.39 Å². The summed E-state index contributed by atoms with van der Waals surface area (Å²) in [5.74, 6) is -0.214. The highest BCUT2D eigenvalue weighted by Gasteiger charge is 2.35. The molecule has 154 valence electrons. The lowest BCUT2D eigenvalue weighted by molar-refractivity contribution is -0.143. The zero-order valence-corrected chi connectivity index (χ0v) is 17.1. The van der Waals surface area contributed by atoms with Gasteiger partial charge >= 0.3 is 0 Å². The van der Waals surface area contributed by atoms with Crippen LogP contribution >= 0.6 is 0 Å². The quantitative estimate of drug-likeness (QED) is 0.795.